The van der Waals surface area contributed by atoms with Gasteiger partial charge in [-0.05, 0) is 45.0 Å². The maximum Gasteiger partial charge on any atom is 0.224 e. The van der Waals surface area contributed by atoms with Crippen molar-refractivity contribution in [3.63, 3.8) is 0 Å². The van der Waals surface area contributed by atoms with Crippen LogP contribution in [0.15, 0.2) is 24.3 Å². The molecule has 2 N–H and O–H groups in total. The second kappa shape index (κ2) is 11.5. The fraction of sp³-hybridized carbons (Fsp3) is 0.588. The van der Waals surface area contributed by atoms with E-state index in [0.717, 1.165) is 24.3 Å². The number of anilines is 2. The highest BCUT2D eigenvalue weighted by molar-refractivity contribution is 5.94. The standard InChI is InChI=1S/C17H27N3O.2ClH/c1-18-13-7-12-17(21)19-15-10-5-6-11-16(15)20(2)14-8-3-4-9-14;;/h5-6,10-11,14,18H,3-4,7-9,12-13H2,1-2H3,(H,19,21);2*1H. The average molecular weight is 362 g/mol. The van der Waals surface area contributed by atoms with Gasteiger partial charge in [-0.15, -0.1) is 24.8 Å². The largest absolute Gasteiger partial charge is 0.370 e. The minimum atomic E-state index is 0. The molecule has 1 amide bonds. The van der Waals surface area contributed by atoms with E-state index >= 15 is 0 Å². The van der Waals surface area contributed by atoms with Crippen LogP contribution in [-0.4, -0.2) is 32.6 Å². The molecule has 1 saturated carbocycles. The summed E-state index contributed by atoms with van der Waals surface area (Å²) >= 11 is 0. The first-order valence-electron chi connectivity index (χ1n) is 7.98. The summed E-state index contributed by atoms with van der Waals surface area (Å²) < 4.78 is 0. The van der Waals surface area contributed by atoms with Crippen LogP contribution < -0.4 is 15.5 Å². The normalized spacial score (nSPS) is 13.8. The van der Waals surface area contributed by atoms with Gasteiger partial charge in [0, 0.05) is 19.5 Å². The summed E-state index contributed by atoms with van der Waals surface area (Å²) in [6.45, 7) is 0.872. The molecule has 0 heterocycles. The summed E-state index contributed by atoms with van der Waals surface area (Å²) in [5.41, 5.74) is 2.06. The van der Waals surface area contributed by atoms with Crippen LogP contribution in [0, 0.1) is 0 Å². The molecule has 0 saturated heterocycles. The zero-order valence-electron chi connectivity index (χ0n) is 14.0. The lowest BCUT2D eigenvalue weighted by atomic mass is 10.1. The minimum absolute atomic E-state index is 0. The number of carbonyl (C=O) groups excluding carboxylic acids is 1. The number of halogens is 2. The SMILES string of the molecule is CNCCCC(=O)Nc1ccccc1N(C)C1CCCC1.Cl.Cl. The highest BCUT2D eigenvalue weighted by atomic mass is 35.5. The lowest BCUT2D eigenvalue weighted by molar-refractivity contribution is -0.116. The average Bonchev–Trinajstić information content (AvgIpc) is 3.01. The summed E-state index contributed by atoms with van der Waals surface area (Å²) in [7, 11) is 4.05. The van der Waals surface area contributed by atoms with Crippen molar-refractivity contribution in [2.24, 2.45) is 0 Å². The lowest BCUT2D eigenvalue weighted by Gasteiger charge is -2.28. The van der Waals surface area contributed by atoms with Crippen LogP contribution in [0.2, 0.25) is 0 Å². The van der Waals surface area contributed by atoms with Gasteiger partial charge in [0.15, 0.2) is 0 Å². The number of rotatable bonds is 7. The molecule has 1 aliphatic carbocycles. The van der Waals surface area contributed by atoms with E-state index in [4.69, 9.17) is 0 Å². The first-order chi connectivity index (χ1) is 10.2. The Morgan fingerprint density at radius 3 is 2.52 bits per heavy atom. The van der Waals surface area contributed by atoms with Crippen molar-refractivity contribution >= 4 is 42.1 Å². The van der Waals surface area contributed by atoms with E-state index in [9.17, 15) is 4.79 Å². The molecule has 0 spiro atoms. The quantitative estimate of drug-likeness (QED) is 0.725. The Bertz CT molecular complexity index is 465. The predicted molar refractivity (Wildman–Crippen MR) is 103 cm³/mol. The highest BCUT2D eigenvalue weighted by Gasteiger charge is 2.21. The topological polar surface area (TPSA) is 44.4 Å². The number of para-hydroxylation sites is 2. The van der Waals surface area contributed by atoms with Gasteiger partial charge in [0.05, 0.1) is 11.4 Å². The van der Waals surface area contributed by atoms with Crippen LogP contribution in [0.3, 0.4) is 0 Å². The Kier molecular flexibility index (Phi) is 11.1. The van der Waals surface area contributed by atoms with Gasteiger partial charge < -0.3 is 15.5 Å². The molecule has 1 aliphatic rings. The van der Waals surface area contributed by atoms with Crippen molar-refractivity contribution in [1.82, 2.24) is 5.32 Å². The maximum atomic E-state index is 12.0. The molecule has 23 heavy (non-hydrogen) atoms. The van der Waals surface area contributed by atoms with Crippen molar-refractivity contribution in [1.29, 1.82) is 0 Å². The Balaban J connectivity index is 0.00000242. The van der Waals surface area contributed by atoms with E-state index in [-0.39, 0.29) is 30.7 Å². The van der Waals surface area contributed by atoms with Crippen LogP contribution in [-0.2, 0) is 4.79 Å². The van der Waals surface area contributed by atoms with E-state index in [0.29, 0.717) is 12.5 Å². The van der Waals surface area contributed by atoms with Crippen molar-refractivity contribution in [2.45, 2.75) is 44.6 Å². The Morgan fingerprint density at radius 2 is 1.87 bits per heavy atom. The van der Waals surface area contributed by atoms with E-state index in [1.165, 1.54) is 25.7 Å². The van der Waals surface area contributed by atoms with Gasteiger partial charge in [-0.3, -0.25) is 4.79 Å². The van der Waals surface area contributed by atoms with E-state index in [1.54, 1.807) is 0 Å². The van der Waals surface area contributed by atoms with Crippen molar-refractivity contribution in [3.05, 3.63) is 24.3 Å². The van der Waals surface area contributed by atoms with Gasteiger partial charge in [-0.1, -0.05) is 25.0 Å². The van der Waals surface area contributed by atoms with Crippen LogP contribution in [0.1, 0.15) is 38.5 Å². The van der Waals surface area contributed by atoms with Crippen LogP contribution in [0.25, 0.3) is 0 Å². The number of amides is 1. The fourth-order valence-electron chi connectivity index (χ4n) is 3.01. The third-order valence-electron chi connectivity index (χ3n) is 4.26. The highest BCUT2D eigenvalue weighted by Crippen LogP contribution is 2.31. The van der Waals surface area contributed by atoms with Gasteiger partial charge in [-0.25, -0.2) is 0 Å². The first kappa shape index (κ1) is 22.0. The molecule has 0 aromatic heterocycles. The molecule has 1 aromatic rings. The summed E-state index contributed by atoms with van der Waals surface area (Å²) in [5.74, 6) is 0.0949. The zero-order valence-corrected chi connectivity index (χ0v) is 15.6. The van der Waals surface area contributed by atoms with Gasteiger partial charge in [0.1, 0.15) is 0 Å². The summed E-state index contributed by atoms with van der Waals surface area (Å²) in [6, 6.07) is 8.72. The molecule has 6 heteroatoms. The minimum Gasteiger partial charge on any atom is -0.370 e. The van der Waals surface area contributed by atoms with Crippen molar-refractivity contribution in [2.75, 3.05) is 30.9 Å². The van der Waals surface area contributed by atoms with Gasteiger partial charge in [-0.2, -0.15) is 0 Å². The van der Waals surface area contributed by atoms with E-state index in [1.807, 2.05) is 25.2 Å². The maximum absolute atomic E-state index is 12.0. The Hall–Kier alpha value is -0.970. The third kappa shape index (κ3) is 6.58. The lowest BCUT2D eigenvalue weighted by Crippen LogP contribution is -2.29. The molecule has 0 aliphatic heterocycles. The molecule has 2 rings (SSSR count). The van der Waals surface area contributed by atoms with E-state index < -0.39 is 0 Å². The molecule has 4 nitrogen and oxygen atoms in total. The van der Waals surface area contributed by atoms with Gasteiger partial charge >= 0.3 is 0 Å². The number of hydrogen-bond acceptors (Lipinski definition) is 3. The fourth-order valence-corrected chi connectivity index (χ4v) is 3.01. The van der Waals surface area contributed by atoms with Crippen molar-refractivity contribution in [3.8, 4) is 0 Å². The molecular weight excluding hydrogens is 333 g/mol. The van der Waals surface area contributed by atoms with Crippen LogP contribution >= 0.6 is 24.8 Å². The molecule has 1 fully saturated rings. The van der Waals surface area contributed by atoms with Gasteiger partial charge in [0.2, 0.25) is 5.91 Å². The molecule has 1 aromatic carbocycles. The molecule has 0 radical (unpaired) electrons. The van der Waals surface area contributed by atoms with Gasteiger partial charge in [0.25, 0.3) is 0 Å². The second-order valence-corrected chi connectivity index (χ2v) is 5.82. The summed E-state index contributed by atoms with van der Waals surface area (Å²) in [4.78, 5) is 14.4. The van der Waals surface area contributed by atoms with E-state index in [2.05, 4.69) is 28.6 Å². The molecular formula is C17H29Cl2N3O. The monoisotopic (exact) mass is 361 g/mol. The zero-order chi connectivity index (χ0) is 15.1. The molecule has 0 bridgehead atoms. The molecule has 0 unspecified atom stereocenters. The Labute approximate surface area is 152 Å². The van der Waals surface area contributed by atoms with Crippen LogP contribution in [0.5, 0.6) is 0 Å². The Morgan fingerprint density at radius 1 is 1.22 bits per heavy atom. The second-order valence-electron chi connectivity index (χ2n) is 5.82. The summed E-state index contributed by atoms with van der Waals surface area (Å²) in [6.07, 6.45) is 6.55. The first-order valence-corrected chi connectivity index (χ1v) is 7.98. The number of nitrogens with zero attached hydrogens (tertiary/aromatic N) is 1. The molecule has 0 atom stereocenters. The number of hydrogen-bond donors (Lipinski definition) is 2. The predicted octanol–water partition coefficient (Wildman–Crippen LogP) is 3.85. The van der Waals surface area contributed by atoms with Crippen molar-refractivity contribution < 1.29 is 4.79 Å². The number of benzene rings is 1. The number of nitrogens with one attached hydrogen (secondary N) is 2. The smallest absolute Gasteiger partial charge is 0.224 e. The molecule has 132 valence electrons. The third-order valence-corrected chi connectivity index (χ3v) is 4.26. The number of carbonyl (C=O) groups is 1. The van der Waals surface area contributed by atoms with Crippen LogP contribution in [0.4, 0.5) is 11.4 Å². The summed E-state index contributed by atoms with van der Waals surface area (Å²) in [5, 5.41) is 6.13.